The number of methoxy groups -OCH3 is 1. The fourth-order valence-electron chi connectivity index (χ4n) is 2.10. The Balaban J connectivity index is 3.10. The third-order valence-corrected chi connectivity index (χ3v) is 4.07. The second kappa shape index (κ2) is 9.91. The number of rotatable bonds is 10. The van der Waals surface area contributed by atoms with Crippen molar-refractivity contribution in [3.63, 3.8) is 0 Å². The normalized spacial score (nSPS) is 12.2. The Bertz CT molecular complexity index is 681. The summed E-state index contributed by atoms with van der Waals surface area (Å²) < 4.78 is 54.2. The van der Waals surface area contributed by atoms with Crippen LogP contribution in [0.25, 0.3) is 0 Å². The number of alkyl halides is 3. The standard InChI is InChI=1S/C20H27F3O5/c1-13(2)16(24)11-14-7-8-15(17(12-14)27-10-6-9-26-5)18(25)28-19(3,4)20(21,22)23/h7-8,12-13H,6,9-11H2,1-5H3. The molecule has 0 radical (unpaired) electrons. The lowest BCUT2D eigenvalue weighted by molar-refractivity contribution is -0.244. The van der Waals surface area contributed by atoms with Gasteiger partial charge in [-0.25, -0.2) is 4.79 Å². The van der Waals surface area contributed by atoms with Crippen LogP contribution in [0.2, 0.25) is 0 Å². The van der Waals surface area contributed by atoms with Gasteiger partial charge in [0.2, 0.25) is 5.60 Å². The second-order valence-electron chi connectivity index (χ2n) is 7.22. The number of esters is 1. The third-order valence-electron chi connectivity index (χ3n) is 4.07. The van der Waals surface area contributed by atoms with Gasteiger partial charge in [0.25, 0.3) is 0 Å². The summed E-state index contributed by atoms with van der Waals surface area (Å²) in [5.74, 6) is -1.24. The topological polar surface area (TPSA) is 61.8 Å². The number of benzene rings is 1. The molecule has 0 aliphatic carbocycles. The van der Waals surface area contributed by atoms with Crippen molar-refractivity contribution in [3.8, 4) is 5.75 Å². The molecule has 0 saturated carbocycles. The molecule has 0 N–H and O–H groups in total. The van der Waals surface area contributed by atoms with Gasteiger partial charge in [-0.2, -0.15) is 13.2 Å². The molecule has 28 heavy (non-hydrogen) atoms. The van der Waals surface area contributed by atoms with E-state index >= 15 is 0 Å². The maximum atomic E-state index is 13.0. The van der Waals surface area contributed by atoms with Crippen LogP contribution in [0.3, 0.4) is 0 Å². The van der Waals surface area contributed by atoms with Crippen molar-refractivity contribution in [1.82, 2.24) is 0 Å². The Morgan fingerprint density at radius 2 is 1.75 bits per heavy atom. The molecule has 158 valence electrons. The molecule has 1 aromatic rings. The summed E-state index contributed by atoms with van der Waals surface area (Å²) in [6, 6.07) is 4.33. The molecule has 8 heteroatoms. The molecule has 0 fully saturated rings. The zero-order valence-electron chi connectivity index (χ0n) is 16.8. The summed E-state index contributed by atoms with van der Waals surface area (Å²) in [7, 11) is 1.53. The average molecular weight is 404 g/mol. The molecule has 0 saturated heterocycles. The Hall–Kier alpha value is -2.09. The molecule has 0 aliphatic heterocycles. The first kappa shape index (κ1) is 23.9. The smallest absolute Gasteiger partial charge is 0.427 e. The van der Waals surface area contributed by atoms with Gasteiger partial charge in [-0.05, 0) is 31.5 Å². The van der Waals surface area contributed by atoms with Crippen LogP contribution in [-0.4, -0.2) is 43.9 Å². The number of ketones is 1. The Kier molecular flexibility index (Phi) is 8.48. The minimum absolute atomic E-state index is 0.00105. The Labute approximate surface area is 163 Å². The number of carbonyl (C=O) groups excluding carboxylic acids is 2. The van der Waals surface area contributed by atoms with E-state index < -0.39 is 17.7 Å². The van der Waals surface area contributed by atoms with Gasteiger partial charge in [0.1, 0.15) is 17.1 Å². The first-order valence-electron chi connectivity index (χ1n) is 8.96. The molecule has 0 aliphatic rings. The highest BCUT2D eigenvalue weighted by molar-refractivity contribution is 5.93. The minimum atomic E-state index is -4.72. The van der Waals surface area contributed by atoms with E-state index in [4.69, 9.17) is 9.47 Å². The van der Waals surface area contributed by atoms with E-state index in [9.17, 15) is 22.8 Å². The van der Waals surface area contributed by atoms with Crippen molar-refractivity contribution in [3.05, 3.63) is 29.3 Å². The predicted molar refractivity (Wildman–Crippen MR) is 97.5 cm³/mol. The van der Waals surface area contributed by atoms with E-state index in [2.05, 4.69) is 4.74 Å². The van der Waals surface area contributed by atoms with Gasteiger partial charge in [-0.1, -0.05) is 19.9 Å². The van der Waals surface area contributed by atoms with Crippen molar-refractivity contribution >= 4 is 11.8 Å². The van der Waals surface area contributed by atoms with Crippen molar-refractivity contribution < 1.29 is 37.0 Å². The molecule has 0 bridgehead atoms. The van der Waals surface area contributed by atoms with Gasteiger partial charge >= 0.3 is 12.1 Å². The summed E-state index contributed by atoms with van der Waals surface area (Å²) in [5, 5.41) is 0. The Morgan fingerprint density at radius 1 is 1.11 bits per heavy atom. The van der Waals surface area contributed by atoms with Crippen molar-refractivity contribution in [2.24, 2.45) is 5.92 Å². The van der Waals surface area contributed by atoms with Crippen LogP contribution in [0.5, 0.6) is 5.75 Å². The van der Waals surface area contributed by atoms with Crippen LogP contribution in [0.1, 0.15) is 50.0 Å². The van der Waals surface area contributed by atoms with Crippen molar-refractivity contribution in [2.75, 3.05) is 20.3 Å². The number of hydrogen-bond acceptors (Lipinski definition) is 5. The summed E-state index contributed by atoms with van der Waals surface area (Å²) >= 11 is 0. The van der Waals surface area contributed by atoms with E-state index in [0.717, 1.165) is 13.8 Å². The van der Waals surface area contributed by atoms with E-state index in [1.54, 1.807) is 13.8 Å². The maximum Gasteiger partial charge on any atom is 0.427 e. The van der Waals surface area contributed by atoms with Gasteiger partial charge in [0.15, 0.2) is 0 Å². The van der Waals surface area contributed by atoms with Crippen LogP contribution in [0.15, 0.2) is 18.2 Å². The lowest BCUT2D eigenvalue weighted by Crippen LogP contribution is -2.43. The fourth-order valence-corrected chi connectivity index (χ4v) is 2.10. The Morgan fingerprint density at radius 3 is 2.29 bits per heavy atom. The first-order chi connectivity index (χ1) is 12.9. The lowest BCUT2D eigenvalue weighted by Gasteiger charge is -2.28. The van der Waals surface area contributed by atoms with Crippen LogP contribution in [0.4, 0.5) is 13.2 Å². The highest BCUT2D eigenvalue weighted by atomic mass is 19.4. The highest BCUT2D eigenvalue weighted by Crippen LogP contribution is 2.34. The van der Waals surface area contributed by atoms with E-state index in [-0.39, 0.29) is 36.0 Å². The third kappa shape index (κ3) is 6.82. The van der Waals surface area contributed by atoms with Gasteiger partial charge < -0.3 is 14.2 Å². The van der Waals surface area contributed by atoms with Gasteiger partial charge in [-0.15, -0.1) is 0 Å². The zero-order valence-corrected chi connectivity index (χ0v) is 16.8. The van der Waals surface area contributed by atoms with E-state index in [1.165, 1.54) is 25.3 Å². The quantitative estimate of drug-likeness (QED) is 0.428. The summed E-state index contributed by atoms with van der Waals surface area (Å²) in [6.07, 6.45) is -4.06. The van der Waals surface area contributed by atoms with Gasteiger partial charge in [-0.3, -0.25) is 4.79 Å². The van der Waals surface area contributed by atoms with Crippen LogP contribution < -0.4 is 4.74 Å². The van der Waals surface area contributed by atoms with Crippen LogP contribution in [0, 0.1) is 5.92 Å². The number of hydrogen-bond donors (Lipinski definition) is 0. The van der Waals surface area contributed by atoms with E-state index in [1.807, 2.05) is 0 Å². The number of ether oxygens (including phenoxy) is 3. The molecule has 0 atom stereocenters. The van der Waals surface area contributed by atoms with Crippen LogP contribution >= 0.6 is 0 Å². The monoisotopic (exact) mass is 404 g/mol. The molecule has 1 aromatic carbocycles. The average Bonchev–Trinajstić information content (AvgIpc) is 2.57. The number of halogens is 3. The molecular formula is C20H27F3O5. The molecule has 1 rings (SSSR count). The lowest BCUT2D eigenvalue weighted by atomic mass is 9.99. The van der Waals surface area contributed by atoms with E-state index in [0.29, 0.717) is 18.6 Å². The van der Waals surface area contributed by atoms with Gasteiger partial charge in [0.05, 0.1) is 6.61 Å². The molecule has 0 amide bonds. The molecule has 0 spiro atoms. The summed E-state index contributed by atoms with van der Waals surface area (Å²) in [5.41, 5.74) is -2.17. The maximum absolute atomic E-state index is 13.0. The highest BCUT2D eigenvalue weighted by Gasteiger charge is 2.51. The molecule has 0 unspecified atom stereocenters. The SMILES string of the molecule is COCCCOc1cc(CC(=O)C(C)C)ccc1C(=O)OC(C)(C)C(F)(F)F. The van der Waals surface area contributed by atoms with Crippen LogP contribution in [-0.2, 0) is 20.7 Å². The van der Waals surface area contributed by atoms with Gasteiger partial charge in [0, 0.05) is 32.5 Å². The largest absolute Gasteiger partial charge is 0.493 e. The first-order valence-corrected chi connectivity index (χ1v) is 8.96. The molecule has 0 heterocycles. The minimum Gasteiger partial charge on any atom is -0.493 e. The zero-order chi connectivity index (χ0) is 21.5. The molecule has 5 nitrogen and oxygen atoms in total. The molecular weight excluding hydrogens is 377 g/mol. The summed E-state index contributed by atoms with van der Waals surface area (Å²) in [4.78, 5) is 24.3. The summed E-state index contributed by atoms with van der Waals surface area (Å²) in [6.45, 7) is 5.72. The van der Waals surface area contributed by atoms with Crippen molar-refractivity contribution in [2.45, 2.75) is 52.3 Å². The van der Waals surface area contributed by atoms with Crippen molar-refractivity contribution in [1.29, 1.82) is 0 Å². The number of carbonyl (C=O) groups is 2. The predicted octanol–water partition coefficient (Wildman–Crippen LogP) is 4.37. The second-order valence-corrected chi connectivity index (χ2v) is 7.22. The molecule has 0 aromatic heterocycles. The fraction of sp³-hybridized carbons (Fsp3) is 0.600. The number of Topliss-reactive ketones (excluding diaryl/α,β-unsaturated/α-hetero) is 1.